The predicted molar refractivity (Wildman–Crippen MR) is 140 cm³/mol. The molecule has 3 aromatic rings. The molecule has 4 N–H and O–H groups in total. The number of benzene rings is 1. The third-order valence-electron chi connectivity index (χ3n) is 7.94. The Balaban J connectivity index is 1.52. The lowest BCUT2D eigenvalue weighted by Gasteiger charge is -2.46. The van der Waals surface area contributed by atoms with Gasteiger partial charge in [0.2, 0.25) is 5.92 Å². The van der Waals surface area contributed by atoms with Crippen molar-refractivity contribution in [1.82, 2.24) is 20.0 Å². The minimum Gasteiger partial charge on any atom is -0.394 e. The van der Waals surface area contributed by atoms with Crippen LogP contribution in [0.4, 0.5) is 35.1 Å². The number of halogens is 8. The molecule has 0 radical (unpaired) electrons. The van der Waals surface area contributed by atoms with Crippen LogP contribution < -0.4 is 0 Å². The van der Waals surface area contributed by atoms with Crippen LogP contribution in [-0.2, 0) is 10.9 Å². The van der Waals surface area contributed by atoms with Gasteiger partial charge in [-0.1, -0.05) is 5.21 Å². The highest BCUT2D eigenvalue weighted by atomic mass is 32.2. The number of aliphatic hydroxyl groups excluding tert-OH is 3. The summed E-state index contributed by atoms with van der Waals surface area (Å²) in [5, 5.41) is 49.6. The van der Waals surface area contributed by atoms with E-state index in [1.165, 1.54) is 0 Å². The topological polar surface area (TPSA) is 134 Å². The fourth-order valence-electron chi connectivity index (χ4n) is 5.51. The highest BCUT2D eigenvalue weighted by molar-refractivity contribution is 8.00. The van der Waals surface area contributed by atoms with Crippen LogP contribution in [0.2, 0.25) is 0 Å². The quantitative estimate of drug-likeness (QED) is 0.216. The van der Waals surface area contributed by atoms with Gasteiger partial charge in [0.25, 0.3) is 0 Å². The monoisotopic (exact) mass is 670 g/mol. The Morgan fingerprint density at radius 2 is 1.69 bits per heavy atom. The van der Waals surface area contributed by atoms with Crippen LogP contribution in [0.1, 0.15) is 48.2 Å². The molecule has 9 nitrogen and oxygen atoms in total. The van der Waals surface area contributed by atoms with Gasteiger partial charge in [0.15, 0.2) is 17.5 Å². The second-order valence-corrected chi connectivity index (χ2v) is 12.2. The third kappa shape index (κ3) is 6.66. The Hall–Kier alpha value is -2.90. The molecule has 1 aliphatic carbocycles. The van der Waals surface area contributed by atoms with Gasteiger partial charge in [0.1, 0.15) is 35.5 Å². The van der Waals surface area contributed by atoms with Gasteiger partial charge >= 0.3 is 6.18 Å². The highest BCUT2D eigenvalue weighted by Crippen LogP contribution is 2.54. The zero-order valence-electron chi connectivity index (χ0n) is 22.9. The minimum absolute atomic E-state index is 0.220. The van der Waals surface area contributed by atoms with Gasteiger partial charge in [0, 0.05) is 24.6 Å². The average Bonchev–Trinajstić information content (AvgIpc) is 3.46. The van der Waals surface area contributed by atoms with Gasteiger partial charge < -0.3 is 25.2 Å². The summed E-state index contributed by atoms with van der Waals surface area (Å²) in [6, 6.07) is 1.43. The lowest BCUT2D eigenvalue weighted by Crippen LogP contribution is -2.55. The molecule has 246 valence electrons. The van der Waals surface area contributed by atoms with E-state index < -0.39 is 114 Å². The molecule has 45 heavy (non-hydrogen) atoms. The highest BCUT2D eigenvalue weighted by Gasteiger charge is 2.53. The van der Waals surface area contributed by atoms with Crippen molar-refractivity contribution in [3.05, 3.63) is 65.4 Å². The lowest BCUT2D eigenvalue weighted by atomic mass is 9.79. The standard InChI is InChI=1S/C27H26F8N4O5S/c28-14-8-12(9-15(29)18(14)30)16-10-39(38-37-16)20-21(41)17(11-40)44-24(22(20)42)45-23(25(43)3-5-26(31,32)6-4-25)19-13(27(33,34)35)2-1-7-36-19/h1-2,7-10,17,20-24,40-43H,3-6,11H2/t17-,20+,21+,22-,23+,24+/m1/s1. The molecular formula is C27H26F8N4O5S. The normalized spacial score (nSPS) is 27.3. The van der Waals surface area contributed by atoms with E-state index in [0.29, 0.717) is 30.0 Å². The zero-order valence-corrected chi connectivity index (χ0v) is 23.7. The largest absolute Gasteiger partial charge is 0.418 e. The number of nitrogens with zero attached hydrogens (tertiary/aromatic N) is 4. The smallest absolute Gasteiger partial charge is 0.394 e. The van der Waals surface area contributed by atoms with Crippen molar-refractivity contribution in [2.75, 3.05) is 6.61 Å². The number of alkyl halides is 5. The molecular weight excluding hydrogens is 644 g/mol. The Morgan fingerprint density at radius 1 is 1.04 bits per heavy atom. The first-order valence-electron chi connectivity index (χ1n) is 13.5. The van der Waals surface area contributed by atoms with E-state index in [4.69, 9.17) is 4.74 Å². The number of hydrogen-bond acceptors (Lipinski definition) is 9. The van der Waals surface area contributed by atoms with Gasteiger partial charge in [-0.15, -0.1) is 16.9 Å². The lowest BCUT2D eigenvalue weighted by molar-refractivity contribution is -0.179. The van der Waals surface area contributed by atoms with Crippen LogP contribution in [-0.4, -0.2) is 82.3 Å². The third-order valence-corrected chi connectivity index (χ3v) is 9.53. The van der Waals surface area contributed by atoms with E-state index in [0.717, 1.165) is 23.1 Å². The molecule has 0 spiro atoms. The van der Waals surface area contributed by atoms with E-state index in [1.54, 1.807) is 0 Å². The maximum Gasteiger partial charge on any atom is 0.418 e. The van der Waals surface area contributed by atoms with Gasteiger partial charge in [-0.3, -0.25) is 4.98 Å². The molecule has 2 fully saturated rings. The summed E-state index contributed by atoms with van der Waals surface area (Å²) in [6.45, 7) is -0.865. The molecule has 1 saturated carbocycles. The maximum atomic E-state index is 14.1. The van der Waals surface area contributed by atoms with Gasteiger partial charge in [-0.2, -0.15) is 13.2 Å². The van der Waals surface area contributed by atoms with Crippen molar-refractivity contribution in [3.63, 3.8) is 0 Å². The first-order valence-corrected chi connectivity index (χ1v) is 14.5. The molecule has 3 heterocycles. The average molecular weight is 671 g/mol. The number of thioether (sulfide) groups is 1. The molecule has 5 rings (SSSR count). The first-order chi connectivity index (χ1) is 21.0. The summed E-state index contributed by atoms with van der Waals surface area (Å²) in [5.74, 6) is -7.96. The van der Waals surface area contributed by atoms with Crippen molar-refractivity contribution in [3.8, 4) is 11.3 Å². The van der Waals surface area contributed by atoms with E-state index in [2.05, 4.69) is 15.3 Å². The van der Waals surface area contributed by atoms with Crippen molar-refractivity contribution in [2.45, 2.75) is 78.4 Å². The summed E-state index contributed by atoms with van der Waals surface area (Å²) in [7, 11) is 0. The SMILES string of the molecule is OC[C@H]1O[C@@H](S[C@@H](c2ncccc2C(F)(F)F)C2(O)CCC(F)(F)CC2)[C@H](O)[C@@H](n2cc(-c3cc(F)c(F)c(F)c3)nn2)[C@H]1O. The summed E-state index contributed by atoms with van der Waals surface area (Å²) in [4.78, 5) is 3.84. The zero-order chi connectivity index (χ0) is 32.9. The Labute approximate surface area is 253 Å². The molecule has 2 aliphatic rings. The Morgan fingerprint density at radius 3 is 2.29 bits per heavy atom. The molecule has 1 saturated heterocycles. The van der Waals surface area contributed by atoms with E-state index in [1.807, 2.05) is 0 Å². The molecule has 1 aliphatic heterocycles. The van der Waals surface area contributed by atoms with E-state index >= 15 is 0 Å². The first kappa shape index (κ1) is 33.5. The molecule has 18 heteroatoms. The molecule has 2 aromatic heterocycles. The molecule has 0 unspecified atom stereocenters. The minimum atomic E-state index is -4.97. The number of pyridine rings is 1. The second kappa shape index (κ2) is 12.4. The van der Waals surface area contributed by atoms with Gasteiger partial charge in [0.05, 0.1) is 34.9 Å². The Bertz CT molecular complexity index is 1500. The fourth-order valence-corrected chi connectivity index (χ4v) is 7.11. The van der Waals surface area contributed by atoms with Crippen molar-refractivity contribution in [1.29, 1.82) is 0 Å². The maximum absolute atomic E-state index is 14.1. The summed E-state index contributed by atoms with van der Waals surface area (Å²) < 4.78 is 118. The fraction of sp³-hybridized carbons (Fsp3) is 0.519. The van der Waals surface area contributed by atoms with Crippen LogP contribution in [0.5, 0.6) is 0 Å². The van der Waals surface area contributed by atoms with Gasteiger partial charge in [-0.25, -0.2) is 26.6 Å². The summed E-state index contributed by atoms with van der Waals surface area (Å²) in [6.07, 6.45) is -10.9. The van der Waals surface area contributed by atoms with Crippen molar-refractivity contribution in [2.24, 2.45) is 0 Å². The van der Waals surface area contributed by atoms with E-state index in [9.17, 15) is 55.5 Å². The van der Waals surface area contributed by atoms with Crippen LogP contribution in [0.25, 0.3) is 11.3 Å². The molecule has 0 bridgehead atoms. The Kier molecular flexibility index (Phi) is 9.20. The summed E-state index contributed by atoms with van der Waals surface area (Å²) >= 11 is 0.437. The number of hydrogen-bond donors (Lipinski definition) is 4. The number of rotatable bonds is 7. The number of aromatic nitrogens is 4. The van der Waals surface area contributed by atoms with E-state index in [-0.39, 0.29) is 11.3 Å². The number of ether oxygens (including phenoxy) is 1. The number of aliphatic hydroxyl groups is 4. The van der Waals surface area contributed by atoms with Crippen LogP contribution in [0.15, 0.2) is 36.7 Å². The van der Waals surface area contributed by atoms with Crippen LogP contribution in [0, 0.1) is 17.5 Å². The van der Waals surface area contributed by atoms with Crippen molar-refractivity contribution >= 4 is 11.8 Å². The van der Waals surface area contributed by atoms with Crippen molar-refractivity contribution < 1.29 is 60.3 Å². The van der Waals surface area contributed by atoms with Crippen LogP contribution in [0.3, 0.4) is 0 Å². The second-order valence-electron chi connectivity index (χ2n) is 10.9. The molecule has 1 aromatic carbocycles. The molecule has 0 amide bonds. The predicted octanol–water partition coefficient (Wildman–Crippen LogP) is 4.17. The van der Waals surface area contributed by atoms with Gasteiger partial charge in [-0.05, 0) is 37.1 Å². The van der Waals surface area contributed by atoms with Crippen LogP contribution >= 0.6 is 11.8 Å². The summed E-state index contributed by atoms with van der Waals surface area (Å²) in [5.41, 5.74) is -6.24. The molecule has 6 atom stereocenters.